The van der Waals surface area contributed by atoms with Crippen molar-refractivity contribution in [3.05, 3.63) is 29.8 Å². The molecule has 0 saturated heterocycles. The van der Waals surface area contributed by atoms with Crippen LogP contribution >= 0.6 is 23.5 Å². The Labute approximate surface area is 125 Å². The largest absolute Gasteiger partial charge is 0.138 e. The van der Waals surface area contributed by atoms with Gasteiger partial charge in [-0.15, -0.1) is 23.5 Å². The standard InChI is InChI=1S/C17H22S2/c1-15(2)13-8-9-16(15,3)17(10-13)18-11-12-6-4-5-7-14(12)19-17/h4-7,13H,8-11H2,1-3H3/t13-,16-,17-/m0/s1. The first-order valence-corrected chi connectivity index (χ1v) is 9.20. The summed E-state index contributed by atoms with van der Waals surface area (Å²) < 4.78 is 0.438. The van der Waals surface area contributed by atoms with Gasteiger partial charge in [0.25, 0.3) is 0 Å². The first-order valence-electron chi connectivity index (χ1n) is 7.39. The molecular formula is C17H22S2. The molecule has 1 aromatic rings. The average Bonchev–Trinajstić information content (AvgIpc) is 2.71. The Morgan fingerprint density at radius 1 is 1.16 bits per heavy atom. The summed E-state index contributed by atoms with van der Waals surface area (Å²) >= 11 is 4.44. The van der Waals surface area contributed by atoms with E-state index in [1.54, 1.807) is 10.5 Å². The summed E-state index contributed by atoms with van der Waals surface area (Å²) in [6.45, 7) is 7.63. The Kier molecular flexibility index (Phi) is 2.50. The number of rotatable bonds is 0. The minimum Gasteiger partial charge on any atom is -0.138 e. The molecule has 3 atom stereocenters. The third-order valence-electron chi connectivity index (χ3n) is 6.50. The molecule has 0 nitrogen and oxygen atoms in total. The average molecular weight is 290 g/mol. The molecule has 0 radical (unpaired) electrons. The van der Waals surface area contributed by atoms with E-state index in [-0.39, 0.29) is 0 Å². The highest BCUT2D eigenvalue weighted by Gasteiger charge is 2.69. The maximum Gasteiger partial charge on any atom is 0.0722 e. The molecule has 0 N–H and O–H groups in total. The fourth-order valence-electron chi connectivity index (χ4n) is 4.68. The lowest BCUT2D eigenvalue weighted by atomic mass is 9.70. The molecule has 0 unspecified atom stereocenters. The Morgan fingerprint density at radius 2 is 1.95 bits per heavy atom. The molecule has 1 spiro atoms. The zero-order chi connectivity index (χ0) is 13.3. The van der Waals surface area contributed by atoms with Gasteiger partial charge in [-0.05, 0) is 47.6 Å². The van der Waals surface area contributed by atoms with Crippen LogP contribution in [0, 0.1) is 16.7 Å². The van der Waals surface area contributed by atoms with Gasteiger partial charge in [0.15, 0.2) is 0 Å². The number of benzene rings is 1. The number of hydrogen-bond donors (Lipinski definition) is 0. The summed E-state index contributed by atoms with van der Waals surface area (Å²) in [6, 6.07) is 9.04. The molecule has 2 bridgehead atoms. The van der Waals surface area contributed by atoms with E-state index in [1.165, 1.54) is 25.0 Å². The molecule has 4 rings (SSSR count). The Hall–Kier alpha value is -0.0800. The minimum atomic E-state index is 0.438. The summed E-state index contributed by atoms with van der Waals surface area (Å²) in [5.74, 6) is 2.14. The molecule has 19 heavy (non-hydrogen) atoms. The van der Waals surface area contributed by atoms with Gasteiger partial charge < -0.3 is 0 Å². The van der Waals surface area contributed by atoms with Gasteiger partial charge in [-0.3, -0.25) is 0 Å². The van der Waals surface area contributed by atoms with Crippen molar-refractivity contribution in [3.8, 4) is 0 Å². The number of fused-ring (bicyclic) bond motifs is 4. The van der Waals surface area contributed by atoms with Crippen LogP contribution in [0.15, 0.2) is 29.2 Å². The van der Waals surface area contributed by atoms with Crippen LogP contribution in [0.1, 0.15) is 45.6 Å². The molecule has 102 valence electrons. The zero-order valence-corrected chi connectivity index (χ0v) is 13.7. The van der Waals surface area contributed by atoms with Gasteiger partial charge in [-0.25, -0.2) is 0 Å². The maximum absolute atomic E-state index is 2.58. The second-order valence-electron chi connectivity index (χ2n) is 7.24. The van der Waals surface area contributed by atoms with Crippen molar-refractivity contribution in [3.63, 3.8) is 0 Å². The quantitative estimate of drug-likeness (QED) is 0.613. The van der Waals surface area contributed by atoms with E-state index in [1.807, 2.05) is 0 Å². The van der Waals surface area contributed by atoms with E-state index in [9.17, 15) is 0 Å². The van der Waals surface area contributed by atoms with Crippen molar-refractivity contribution in [2.24, 2.45) is 16.7 Å². The predicted molar refractivity (Wildman–Crippen MR) is 85.6 cm³/mol. The van der Waals surface area contributed by atoms with Crippen LogP contribution in [0.25, 0.3) is 0 Å². The van der Waals surface area contributed by atoms with Crippen molar-refractivity contribution in [1.29, 1.82) is 0 Å². The highest BCUT2D eigenvalue weighted by Crippen LogP contribution is 2.78. The van der Waals surface area contributed by atoms with Gasteiger partial charge in [0.1, 0.15) is 0 Å². The van der Waals surface area contributed by atoms with Gasteiger partial charge >= 0.3 is 0 Å². The van der Waals surface area contributed by atoms with Gasteiger partial charge in [0, 0.05) is 10.6 Å². The van der Waals surface area contributed by atoms with Gasteiger partial charge in [-0.2, -0.15) is 0 Å². The molecule has 2 heteroatoms. The van der Waals surface area contributed by atoms with E-state index in [0.29, 0.717) is 14.9 Å². The van der Waals surface area contributed by atoms with E-state index in [2.05, 4.69) is 68.6 Å². The Bertz CT molecular complexity index is 536. The second kappa shape index (κ2) is 3.76. The molecular weight excluding hydrogens is 268 g/mol. The molecule has 1 aromatic carbocycles. The smallest absolute Gasteiger partial charge is 0.0722 e. The molecule has 2 fully saturated rings. The van der Waals surface area contributed by atoms with Crippen molar-refractivity contribution in [2.75, 3.05) is 0 Å². The van der Waals surface area contributed by atoms with Crippen molar-refractivity contribution in [2.45, 2.75) is 54.8 Å². The number of hydrogen-bond acceptors (Lipinski definition) is 2. The molecule has 1 heterocycles. The fraction of sp³-hybridized carbons (Fsp3) is 0.647. The molecule has 2 saturated carbocycles. The van der Waals surface area contributed by atoms with Crippen LogP contribution in [0.4, 0.5) is 0 Å². The first kappa shape index (κ1) is 12.6. The lowest BCUT2D eigenvalue weighted by molar-refractivity contribution is 0.149. The van der Waals surface area contributed by atoms with Crippen molar-refractivity contribution < 1.29 is 0 Å². The van der Waals surface area contributed by atoms with E-state index >= 15 is 0 Å². The molecule has 1 aliphatic heterocycles. The summed E-state index contributed by atoms with van der Waals surface area (Å²) in [5.41, 5.74) is 2.56. The van der Waals surface area contributed by atoms with Crippen LogP contribution in [0.3, 0.4) is 0 Å². The van der Waals surface area contributed by atoms with Gasteiger partial charge in [0.05, 0.1) is 4.08 Å². The Morgan fingerprint density at radius 3 is 2.63 bits per heavy atom. The Balaban J connectivity index is 1.79. The van der Waals surface area contributed by atoms with Crippen LogP contribution in [-0.2, 0) is 5.75 Å². The van der Waals surface area contributed by atoms with E-state index in [0.717, 1.165) is 5.92 Å². The van der Waals surface area contributed by atoms with Gasteiger partial charge in [0.2, 0.25) is 0 Å². The first-order chi connectivity index (χ1) is 8.99. The highest BCUT2D eigenvalue weighted by atomic mass is 32.2. The highest BCUT2D eigenvalue weighted by molar-refractivity contribution is 8.18. The van der Waals surface area contributed by atoms with Crippen LogP contribution in [-0.4, -0.2) is 4.08 Å². The van der Waals surface area contributed by atoms with Gasteiger partial charge in [-0.1, -0.05) is 39.0 Å². The maximum atomic E-state index is 2.58. The molecule has 2 aliphatic carbocycles. The van der Waals surface area contributed by atoms with Crippen LogP contribution < -0.4 is 0 Å². The summed E-state index contributed by atoms with van der Waals surface area (Å²) in [5, 5.41) is 0. The van der Waals surface area contributed by atoms with E-state index in [4.69, 9.17) is 0 Å². The zero-order valence-electron chi connectivity index (χ0n) is 12.0. The second-order valence-corrected chi connectivity index (χ2v) is 10.1. The summed E-state index contributed by atoms with van der Waals surface area (Å²) in [7, 11) is 0. The third-order valence-corrected chi connectivity index (χ3v) is 10.2. The number of thioether (sulfide) groups is 2. The summed E-state index contributed by atoms with van der Waals surface area (Å²) in [6.07, 6.45) is 4.29. The third kappa shape index (κ3) is 1.40. The molecule has 0 amide bonds. The SMILES string of the molecule is CC1(C)[C@H]2CC[C@]1(C)[C@@]1(C2)SCc2ccccc2S1. The molecule has 0 aromatic heterocycles. The van der Waals surface area contributed by atoms with Crippen molar-refractivity contribution in [1.82, 2.24) is 0 Å². The normalized spacial score (nSPS) is 42.6. The van der Waals surface area contributed by atoms with Crippen LogP contribution in [0.2, 0.25) is 0 Å². The van der Waals surface area contributed by atoms with Crippen LogP contribution in [0.5, 0.6) is 0 Å². The van der Waals surface area contributed by atoms with Crippen molar-refractivity contribution >= 4 is 23.5 Å². The fourth-order valence-corrected chi connectivity index (χ4v) is 8.75. The molecule has 3 aliphatic rings. The minimum absolute atomic E-state index is 0.438. The lowest BCUT2D eigenvalue weighted by Gasteiger charge is -2.49. The predicted octanol–water partition coefficient (Wildman–Crippen LogP) is 5.57. The monoisotopic (exact) mass is 290 g/mol. The lowest BCUT2D eigenvalue weighted by Crippen LogP contribution is -2.43. The topological polar surface area (TPSA) is 0 Å². The summed E-state index contributed by atoms with van der Waals surface area (Å²) in [4.78, 5) is 1.55. The van der Waals surface area contributed by atoms with E-state index < -0.39 is 0 Å².